The Morgan fingerprint density at radius 1 is 1.20 bits per heavy atom. The lowest BCUT2D eigenvalue weighted by Crippen LogP contribution is -2.29. The number of imidazole rings is 1. The third-order valence-corrected chi connectivity index (χ3v) is 6.49. The van der Waals surface area contributed by atoms with Crippen LogP contribution < -0.4 is 5.32 Å². The molecular weight excluding hydrogens is 380 g/mol. The molecule has 9 nitrogen and oxygen atoms in total. The molecule has 2 N–H and O–H groups in total. The van der Waals surface area contributed by atoms with Gasteiger partial charge in [-0.3, -0.25) is 4.79 Å². The molecule has 0 bridgehead atoms. The molecule has 4 aromatic rings. The van der Waals surface area contributed by atoms with Crippen LogP contribution in [0.4, 0.5) is 5.95 Å². The average molecular weight is 402 g/mol. The van der Waals surface area contributed by atoms with Crippen LogP contribution in [-0.2, 0) is 4.79 Å². The molecule has 2 fully saturated rings. The number of hydrogen-bond acceptors (Lipinski definition) is 6. The van der Waals surface area contributed by atoms with E-state index in [9.17, 15) is 4.79 Å². The molecule has 1 amide bonds. The van der Waals surface area contributed by atoms with Crippen molar-refractivity contribution in [2.24, 2.45) is 11.8 Å². The van der Waals surface area contributed by atoms with Crippen LogP contribution in [0.2, 0.25) is 0 Å². The first-order chi connectivity index (χ1) is 14.6. The molecule has 3 atom stereocenters. The molecule has 1 saturated carbocycles. The normalized spacial score (nSPS) is 23.4. The van der Waals surface area contributed by atoms with Crippen molar-refractivity contribution in [1.29, 1.82) is 0 Å². The summed E-state index contributed by atoms with van der Waals surface area (Å²) < 4.78 is 1.76. The number of anilines is 1. The third kappa shape index (κ3) is 2.80. The number of carbonyl (C=O) groups is 1. The Hall–Kier alpha value is -3.49. The maximum atomic E-state index is 11.6. The Morgan fingerprint density at radius 2 is 2.03 bits per heavy atom. The summed E-state index contributed by atoms with van der Waals surface area (Å²) >= 11 is 0. The van der Waals surface area contributed by atoms with E-state index in [-0.39, 0.29) is 5.91 Å². The van der Waals surface area contributed by atoms with Gasteiger partial charge in [-0.15, -0.1) is 0 Å². The lowest BCUT2D eigenvalue weighted by molar-refractivity contribution is -0.128. The summed E-state index contributed by atoms with van der Waals surface area (Å²) in [4.78, 5) is 30.3. The summed E-state index contributed by atoms with van der Waals surface area (Å²) in [6.45, 7) is 3.42. The second-order valence-electron chi connectivity index (χ2n) is 8.36. The predicted octanol–water partition coefficient (Wildman–Crippen LogP) is 2.34. The molecule has 6 rings (SSSR count). The molecule has 1 saturated heterocycles. The zero-order chi connectivity index (χ0) is 20.2. The number of rotatable bonds is 3. The quantitative estimate of drug-likeness (QED) is 0.545. The summed E-state index contributed by atoms with van der Waals surface area (Å²) in [5.41, 5.74) is 3.41. The smallest absolute Gasteiger partial charge is 0.224 e. The number of aromatic nitrogens is 6. The lowest BCUT2D eigenvalue weighted by Gasteiger charge is -2.18. The SMILES string of the molecule is CC(=O)N1C[C@H]2C[C@H](Nc3ncc4c(-c5ccc6nccn6n5)c[nH]c4n3)C[C@H]2C1. The van der Waals surface area contributed by atoms with Gasteiger partial charge in [0.2, 0.25) is 11.9 Å². The summed E-state index contributed by atoms with van der Waals surface area (Å²) in [5.74, 6) is 1.99. The van der Waals surface area contributed by atoms with E-state index in [1.807, 2.05) is 35.6 Å². The number of amides is 1. The van der Waals surface area contributed by atoms with Crippen LogP contribution in [0, 0.1) is 11.8 Å². The first-order valence-corrected chi connectivity index (χ1v) is 10.3. The Kier molecular flexibility index (Phi) is 3.77. The molecule has 1 aliphatic heterocycles. The van der Waals surface area contributed by atoms with Crippen molar-refractivity contribution < 1.29 is 4.79 Å². The standard InChI is InChI=1S/C21H22N8O/c1-12(30)28-10-13-6-15(7-14(13)11-28)25-21-24-9-17-16(8-23-20(17)26-21)18-2-3-19-22-4-5-29(19)27-18/h2-5,8-9,13-15H,6-7,10-11H2,1H3,(H2,23,24,25,26)/t13-,14+,15+. The van der Waals surface area contributed by atoms with Gasteiger partial charge in [0.05, 0.1) is 5.69 Å². The fourth-order valence-corrected chi connectivity index (χ4v) is 5.01. The van der Waals surface area contributed by atoms with Crippen molar-refractivity contribution in [1.82, 2.24) is 34.4 Å². The van der Waals surface area contributed by atoms with Crippen molar-refractivity contribution in [2.75, 3.05) is 18.4 Å². The second-order valence-corrected chi connectivity index (χ2v) is 8.36. The van der Waals surface area contributed by atoms with Gasteiger partial charge in [0.1, 0.15) is 5.65 Å². The Balaban J connectivity index is 1.21. The van der Waals surface area contributed by atoms with Gasteiger partial charge >= 0.3 is 0 Å². The van der Waals surface area contributed by atoms with Crippen molar-refractivity contribution >= 4 is 28.5 Å². The summed E-state index contributed by atoms with van der Waals surface area (Å²) in [5, 5.41) is 9.06. The molecule has 4 aromatic heterocycles. The average Bonchev–Trinajstić information content (AvgIpc) is 3.49. The Morgan fingerprint density at radius 3 is 2.83 bits per heavy atom. The van der Waals surface area contributed by atoms with Crippen molar-refractivity contribution in [3.05, 3.63) is 36.9 Å². The lowest BCUT2D eigenvalue weighted by atomic mass is 10.0. The summed E-state index contributed by atoms with van der Waals surface area (Å²) in [6.07, 6.45) is 9.45. The number of likely N-dealkylation sites (tertiary alicyclic amines) is 1. The van der Waals surface area contributed by atoms with Gasteiger partial charge in [0, 0.05) is 61.8 Å². The van der Waals surface area contributed by atoms with Gasteiger partial charge < -0.3 is 15.2 Å². The number of hydrogen-bond donors (Lipinski definition) is 2. The zero-order valence-corrected chi connectivity index (χ0v) is 16.6. The Labute approximate surface area is 172 Å². The van der Waals surface area contributed by atoms with Crippen molar-refractivity contribution in [3.8, 4) is 11.3 Å². The highest BCUT2D eigenvalue weighted by molar-refractivity contribution is 5.92. The van der Waals surface area contributed by atoms with Crippen LogP contribution >= 0.6 is 0 Å². The molecule has 9 heteroatoms. The second kappa shape index (κ2) is 6.51. The van der Waals surface area contributed by atoms with Gasteiger partial charge in [-0.2, -0.15) is 10.1 Å². The van der Waals surface area contributed by atoms with Gasteiger partial charge in [0.15, 0.2) is 5.65 Å². The van der Waals surface area contributed by atoms with E-state index in [0.717, 1.165) is 53.9 Å². The first kappa shape index (κ1) is 17.4. The molecule has 30 heavy (non-hydrogen) atoms. The number of nitrogens with one attached hydrogen (secondary N) is 2. The van der Waals surface area contributed by atoms with E-state index in [1.165, 1.54) is 0 Å². The highest BCUT2D eigenvalue weighted by atomic mass is 16.2. The number of nitrogens with zero attached hydrogens (tertiary/aromatic N) is 6. The van der Waals surface area contributed by atoms with Gasteiger partial charge in [0.25, 0.3) is 0 Å². The fourth-order valence-electron chi connectivity index (χ4n) is 5.01. The maximum Gasteiger partial charge on any atom is 0.224 e. The van der Waals surface area contributed by atoms with Gasteiger partial charge in [-0.1, -0.05) is 0 Å². The minimum atomic E-state index is 0.187. The molecule has 2 aliphatic rings. The molecule has 152 valence electrons. The topological polar surface area (TPSA) is 104 Å². The van der Waals surface area contributed by atoms with E-state index < -0.39 is 0 Å². The molecule has 0 unspecified atom stereocenters. The van der Waals surface area contributed by atoms with E-state index in [0.29, 0.717) is 23.8 Å². The summed E-state index contributed by atoms with van der Waals surface area (Å²) in [6, 6.07) is 4.26. The van der Waals surface area contributed by atoms with Crippen LogP contribution in [-0.4, -0.2) is 59.5 Å². The zero-order valence-electron chi connectivity index (χ0n) is 16.6. The molecule has 0 spiro atoms. The largest absolute Gasteiger partial charge is 0.351 e. The number of fused-ring (bicyclic) bond motifs is 3. The molecule has 5 heterocycles. The monoisotopic (exact) mass is 402 g/mol. The fraction of sp³-hybridized carbons (Fsp3) is 0.381. The number of aromatic amines is 1. The molecule has 0 aromatic carbocycles. The predicted molar refractivity (Wildman–Crippen MR) is 112 cm³/mol. The van der Waals surface area contributed by atoms with Crippen LogP contribution in [0.3, 0.4) is 0 Å². The van der Waals surface area contributed by atoms with E-state index >= 15 is 0 Å². The van der Waals surface area contributed by atoms with Crippen LogP contribution in [0.15, 0.2) is 36.9 Å². The highest BCUT2D eigenvalue weighted by Crippen LogP contribution is 2.39. The first-order valence-electron chi connectivity index (χ1n) is 10.3. The highest BCUT2D eigenvalue weighted by Gasteiger charge is 2.41. The minimum Gasteiger partial charge on any atom is -0.351 e. The molecule has 1 aliphatic carbocycles. The van der Waals surface area contributed by atoms with Crippen molar-refractivity contribution in [3.63, 3.8) is 0 Å². The van der Waals surface area contributed by atoms with E-state index in [4.69, 9.17) is 0 Å². The molecular formula is C21H22N8O. The minimum absolute atomic E-state index is 0.187. The van der Waals surface area contributed by atoms with Gasteiger partial charge in [-0.05, 0) is 36.8 Å². The summed E-state index contributed by atoms with van der Waals surface area (Å²) in [7, 11) is 0. The number of H-pyrrole nitrogens is 1. The molecule has 0 radical (unpaired) electrons. The van der Waals surface area contributed by atoms with Crippen LogP contribution in [0.1, 0.15) is 19.8 Å². The van der Waals surface area contributed by atoms with E-state index in [1.54, 1.807) is 17.6 Å². The van der Waals surface area contributed by atoms with Crippen molar-refractivity contribution in [2.45, 2.75) is 25.8 Å². The number of carbonyl (C=O) groups excluding carboxylic acids is 1. The Bertz CT molecular complexity index is 1250. The van der Waals surface area contributed by atoms with Gasteiger partial charge in [-0.25, -0.2) is 14.5 Å². The van der Waals surface area contributed by atoms with Crippen LogP contribution in [0.5, 0.6) is 0 Å². The van der Waals surface area contributed by atoms with Crippen LogP contribution in [0.25, 0.3) is 27.9 Å². The maximum absolute atomic E-state index is 11.6. The van der Waals surface area contributed by atoms with E-state index in [2.05, 4.69) is 30.4 Å². The third-order valence-electron chi connectivity index (χ3n) is 6.49.